The van der Waals surface area contributed by atoms with Crippen molar-refractivity contribution in [2.75, 3.05) is 26.4 Å². The third-order valence-electron chi connectivity index (χ3n) is 2.63. The maximum Gasteiger partial charge on any atom is 0.232 e. The number of carbonyl (C=O) groups excluding carboxylic acids is 1. The summed E-state index contributed by atoms with van der Waals surface area (Å²) in [6, 6.07) is 6.39. The molecule has 0 saturated heterocycles. The van der Waals surface area contributed by atoms with Crippen LogP contribution in [0.4, 0.5) is 0 Å². The van der Waals surface area contributed by atoms with Gasteiger partial charge in [0.15, 0.2) is 0 Å². The maximum atomic E-state index is 11.6. The molecule has 0 fully saturated rings. The number of aryl methyl sites for hydroxylation is 1. The Morgan fingerprint density at radius 1 is 1.39 bits per heavy atom. The zero-order valence-electron chi connectivity index (χ0n) is 11.6. The second-order valence-corrected chi connectivity index (χ2v) is 5.49. The van der Waals surface area contributed by atoms with Crippen molar-refractivity contribution in [2.45, 2.75) is 25.3 Å². The van der Waals surface area contributed by atoms with E-state index in [9.17, 15) is 4.79 Å². The number of nitrogens with zero attached hydrogens (tertiary/aromatic N) is 1. The summed E-state index contributed by atoms with van der Waals surface area (Å²) in [5.74, 6) is 0.643. The third-order valence-corrected chi connectivity index (χ3v) is 3.73. The zero-order valence-corrected chi connectivity index (χ0v) is 12.4. The quantitative estimate of drug-likeness (QED) is 0.802. The van der Waals surface area contributed by atoms with Crippen LogP contribution in [0.5, 0.6) is 0 Å². The van der Waals surface area contributed by atoms with Crippen LogP contribution < -0.4 is 5.32 Å². The lowest BCUT2D eigenvalue weighted by Crippen LogP contribution is -2.23. The number of amides is 1. The van der Waals surface area contributed by atoms with Gasteiger partial charge < -0.3 is 10.2 Å². The highest BCUT2D eigenvalue weighted by molar-refractivity contribution is 8.00. The van der Waals surface area contributed by atoms with Gasteiger partial charge in [-0.05, 0) is 25.1 Å². The fraction of sp³-hybridized carbons (Fsp3) is 0.500. The van der Waals surface area contributed by atoms with Crippen LogP contribution >= 0.6 is 11.8 Å². The first-order valence-corrected chi connectivity index (χ1v) is 7.16. The number of carbonyl (C=O) groups is 1. The molecule has 0 radical (unpaired) electrons. The summed E-state index contributed by atoms with van der Waals surface area (Å²) in [5, 5.41) is 3.33. The predicted molar refractivity (Wildman–Crippen MR) is 78.0 cm³/mol. The van der Waals surface area contributed by atoms with Gasteiger partial charge in [-0.2, -0.15) is 0 Å². The molecule has 0 aliphatic heterocycles. The van der Waals surface area contributed by atoms with E-state index in [1.807, 2.05) is 0 Å². The van der Waals surface area contributed by atoms with Crippen molar-refractivity contribution in [3.63, 3.8) is 0 Å². The van der Waals surface area contributed by atoms with E-state index in [1.54, 1.807) is 30.8 Å². The minimum absolute atomic E-state index is 0.148. The number of nitrogens with one attached hydrogen (secondary N) is 1. The van der Waals surface area contributed by atoms with Gasteiger partial charge in [0.2, 0.25) is 5.91 Å². The second kappa shape index (κ2) is 7.44. The molecule has 0 spiro atoms. The lowest BCUT2D eigenvalue weighted by atomic mass is 10.1. The van der Waals surface area contributed by atoms with E-state index in [-0.39, 0.29) is 5.91 Å². The van der Waals surface area contributed by atoms with Crippen LogP contribution in [0, 0.1) is 6.92 Å². The Kier molecular flexibility index (Phi) is 6.22. The van der Waals surface area contributed by atoms with Crippen molar-refractivity contribution >= 4 is 17.7 Å². The Bertz CT molecular complexity index is 405. The molecule has 1 aromatic rings. The van der Waals surface area contributed by atoms with Crippen molar-refractivity contribution in [1.29, 1.82) is 0 Å². The number of benzene rings is 1. The molecule has 4 heteroatoms. The Labute approximate surface area is 114 Å². The van der Waals surface area contributed by atoms with Crippen LogP contribution in [-0.2, 0) is 11.3 Å². The highest BCUT2D eigenvalue weighted by Crippen LogP contribution is 2.24. The first-order valence-electron chi connectivity index (χ1n) is 6.17. The summed E-state index contributed by atoms with van der Waals surface area (Å²) in [5.41, 5.74) is 2.53. The van der Waals surface area contributed by atoms with Gasteiger partial charge in [0.05, 0.1) is 5.75 Å². The summed E-state index contributed by atoms with van der Waals surface area (Å²) in [7, 11) is 3.58. The summed E-state index contributed by atoms with van der Waals surface area (Å²) < 4.78 is 0. The fourth-order valence-electron chi connectivity index (χ4n) is 1.52. The van der Waals surface area contributed by atoms with Gasteiger partial charge in [0, 0.05) is 25.5 Å². The van der Waals surface area contributed by atoms with Gasteiger partial charge in [-0.25, -0.2) is 0 Å². The first kappa shape index (κ1) is 15.1. The Balaban J connectivity index is 2.71. The van der Waals surface area contributed by atoms with Crippen LogP contribution in [0.3, 0.4) is 0 Å². The second-order valence-electron chi connectivity index (χ2n) is 4.47. The van der Waals surface area contributed by atoms with Crippen LogP contribution in [0.15, 0.2) is 23.1 Å². The van der Waals surface area contributed by atoms with E-state index in [0.717, 1.165) is 13.1 Å². The average molecular weight is 266 g/mol. The average Bonchev–Trinajstić information content (AvgIpc) is 2.34. The molecule has 1 N–H and O–H groups in total. The largest absolute Gasteiger partial charge is 0.348 e. The lowest BCUT2D eigenvalue weighted by molar-refractivity contribution is -0.125. The van der Waals surface area contributed by atoms with E-state index < -0.39 is 0 Å². The normalized spacial score (nSPS) is 10.4. The van der Waals surface area contributed by atoms with E-state index in [4.69, 9.17) is 0 Å². The van der Waals surface area contributed by atoms with Gasteiger partial charge in [-0.3, -0.25) is 4.79 Å². The van der Waals surface area contributed by atoms with Gasteiger partial charge in [-0.15, -0.1) is 11.8 Å². The summed E-state index contributed by atoms with van der Waals surface area (Å²) in [4.78, 5) is 14.4. The van der Waals surface area contributed by atoms with E-state index in [2.05, 4.69) is 37.4 Å². The molecule has 1 aromatic carbocycles. The molecule has 1 amide bonds. The number of rotatable bonds is 6. The van der Waals surface area contributed by atoms with Crippen molar-refractivity contribution in [3.05, 3.63) is 29.3 Å². The third kappa shape index (κ3) is 4.70. The van der Waals surface area contributed by atoms with Crippen LogP contribution in [-0.4, -0.2) is 37.2 Å². The molecule has 0 heterocycles. The highest BCUT2D eigenvalue weighted by atomic mass is 32.2. The number of hydrogen-bond donors (Lipinski definition) is 1. The molecule has 0 atom stereocenters. The van der Waals surface area contributed by atoms with Crippen molar-refractivity contribution in [3.8, 4) is 0 Å². The highest BCUT2D eigenvalue weighted by Gasteiger charge is 2.08. The number of thioether (sulfide) groups is 1. The van der Waals surface area contributed by atoms with Gasteiger partial charge in [-0.1, -0.05) is 24.6 Å². The molecule has 0 aromatic heterocycles. The summed E-state index contributed by atoms with van der Waals surface area (Å²) in [6.07, 6.45) is 0. The first-order chi connectivity index (χ1) is 8.54. The lowest BCUT2D eigenvalue weighted by Gasteiger charge is -2.13. The standard InChI is InChI=1S/C14H22N2OS/c1-5-15-9-12-8-11(2)6-7-13(12)18-10-14(17)16(3)4/h6-8,15H,5,9-10H2,1-4H3. The minimum Gasteiger partial charge on any atom is -0.348 e. The Morgan fingerprint density at radius 2 is 2.11 bits per heavy atom. The van der Waals surface area contributed by atoms with E-state index in [0.29, 0.717) is 5.75 Å². The number of hydrogen-bond acceptors (Lipinski definition) is 3. The smallest absolute Gasteiger partial charge is 0.232 e. The van der Waals surface area contributed by atoms with Crippen LogP contribution in [0.1, 0.15) is 18.1 Å². The van der Waals surface area contributed by atoms with Crippen molar-refractivity contribution in [2.24, 2.45) is 0 Å². The summed E-state index contributed by atoms with van der Waals surface area (Å²) >= 11 is 1.61. The molecule has 0 saturated carbocycles. The maximum absolute atomic E-state index is 11.6. The molecule has 0 aliphatic carbocycles. The molecule has 18 heavy (non-hydrogen) atoms. The Morgan fingerprint density at radius 3 is 2.72 bits per heavy atom. The van der Waals surface area contributed by atoms with Crippen molar-refractivity contribution in [1.82, 2.24) is 10.2 Å². The van der Waals surface area contributed by atoms with Crippen LogP contribution in [0.2, 0.25) is 0 Å². The monoisotopic (exact) mass is 266 g/mol. The van der Waals surface area contributed by atoms with Gasteiger partial charge >= 0.3 is 0 Å². The summed E-state index contributed by atoms with van der Waals surface area (Å²) in [6.45, 7) is 6.00. The van der Waals surface area contributed by atoms with E-state index >= 15 is 0 Å². The molecule has 100 valence electrons. The van der Waals surface area contributed by atoms with E-state index in [1.165, 1.54) is 16.0 Å². The molecule has 0 aliphatic rings. The van der Waals surface area contributed by atoms with Gasteiger partial charge in [0.25, 0.3) is 0 Å². The minimum atomic E-state index is 0.148. The molecule has 1 rings (SSSR count). The Hall–Kier alpha value is -1.00. The van der Waals surface area contributed by atoms with Crippen LogP contribution in [0.25, 0.3) is 0 Å². The molecular formula is C14H22N2OS. The zero-order chi connectivity index (χ0) is 13.5. The SMILES string of the molecule is CCNCc1cc(C)ccc1SCC(=O)N(C)C. The molecule has 0 unspecified atom stereocenters. The topological polar surface area (TPSA) is 32.3 Å². The molecular weight excluding hydrogens is 244 g/mol. The predicted octanol–water partition coefficient (Wildman–Crippen LogP) is 2.28. The van der Waals surface area contributed by atoms with Gasteiger partial charge in [0.1, 0.15) is 0 Å². The fourth-order valence-corrected chi connectivity index (χ4v) is 2.53. The van der Waals surface area contributed by atoms with Crippen molar-refractivity contribution < 1.29 is 4.79 Å². The molecule has 3 nitrogen and oxygen atoms in total. The molecule has 0 bridgehead atoms.